The summed E-state index contributed by atoms with van der Waals surface area (Å²) in [6.07, 6.45) is 0. The van der Waals surface area contributed by atoms with Crippen molar-refractivity contribution in [1.29, 1.82) is 0 Å². The molecule has 0 bridgehead atoms. The normalized spacial score (nSPS) is 10.6. The summed E-state index contributed by atoms with van der Waals surface area (Å²) in [6, 6.07) is 11.9. The lowest BCUT2D eigenvalue weighted by Gasteiger charge is -2.01. The van der Waals surface area contributed by atoms with Crippen molar-refractivity contribution in [3.63, 3.8) is 0 Å². The largest absolute Gasteiger partial charge is 0.496 e. The van der Waals surface area contributed by atoms with Gasteiger partial charge in [0.05, 0.1) is 23.8 Å². The molecule has 0 aliphatic carbocycles. The molecule has 0 unspecified atom stereocenters. The van der Waals surface area contributed by atoms with Crippen molar-refractivity contribution in [1.82, 2.24) is 0 Å². The van der Waals surface area contributed by atoms with Gasteiger partial charge in [0.2, 0.25) is 0 Å². The molecule has 2 aromatic carbocycles. The van der Waals surface area contributed by atoms with E-state index >= 15 is 0 Å². The Hall–Kier alpha value is -2.23. The van der Waals surface area contributed by atoms with E-state index in [4.69, 9.17) is 4.74 Å². The molecule has 108 valence electrons. The van der Waals surface area contributed by atoms with Crippen molar-refractivity contribution in [2.45, 2.75) is 0 Å². The maximum atomic E-state index is 11.0. The van der Waals surface area contributed by atoms with Crippen LogP contribution in [0.4, 0.5) is 17.1 Å². The van der Waals surface area contributed by atoms with Crippen molar-refractivity contribution < 1.29 is 9.66 Å². The van der Waals surface area contributed by atoms with Gasteiger partial charge in [0, 0.05) is 3.57 Å². The van der Waals surface area contributed by atoms with Crippen LogP contribution in [0.5, 0.6) is 5.75 Å². The van der Waals surface area contributed by atoms with Gasteiger partial charge in [-0.3, -0.25) is 15.5 Å². The summed E-state index contributed by atoms with van der Waals surface area (Å²) in [5.41, 5.74) is 3.45. The number of anilines is 1. The fourth-order valence-corrected chi connectivity index (χ4v) is 1.88. The molecule has 7 nitrogen and oxygen atoms in total. The van der Waals surface area contributed by atoms with Gasteiger partial charge < -0.3 is 4.74 Å². The van der Waals surface area contributed by atoms with E-state index < -0.39 is 4.92 Å². The molecule has 21 heavy (non-hydrogen) atoms. The molecule has 0 fully saturated rings. The van der Waals surface area contributed by atoms with E-state index in [1.165, 1.54) is 19.2 Å². The van der Waals surface area contributed by atoms with Gasteiger partial charge in [-0.2, -0.15) is 0 Å². The highest BCUT2D eigenvalue weighted by Gasteiger charge is 2.14. The summed E-state index contributed by atoms with van der Waals surface area (Å²) >= 11 is 2.19. The Bertz CT molecular complexity index is 674. The third kappa shape index (κ3) is 4.12. The van der Waals surface area contributed by atoms with Crippen molar-refractivity contribution in [3.8, 4) is 5.75 Å². The topological polar surface area (TPSA) is 89.1 Å². The van der Waals surface area contributed by atoms with E-state index in [1.807, 2.05) is 24.3 Å². The third-order valence-corrected chi connectivity index (χ3v) is 3.28. The Kier molecular flexibility index (Phi) is 5.04. The predicted octanol–water partition coefficient (Wildman–Crippen LogP) is 4.32. The van der Waals surface area contributed by atoms with Crippen LogP contribution >= 0.6 is 22.6 Å². The minimum Gasteiger partial charge on any atom is -0.496 e. The molecule has 0 aliphatic heterocycles. The molecule has 0 aliphatic rings. The fourth-order valence-electron chi connectivity index (χ4n) is 1.52. The average molecular weight is 398 g/mol. The lowest BCUT2D eigenvalue weighted by molar-refractivity contribution is -0.384. The van der Waals surface area contributed by atoms with Gasteiger partial charge >= 0.3 is 0 Å². The fraction of sp³-hybridized carbons (Fsp3) is 0.0769. The van der Waals surface area contributed by atoms with Gasteiger partial charge in [0.1, 0.15) is 5.75 Å². The highest BCUT2D eigenvalue weighted by Crippen LogP contribution is 2.31. The monoisotopic (exact) mass is 398 g/mol. The Morgan fingerprint density at radius 3 is 2.57 bits per heavy atom. The number of ether oxygens (including phenoxy) is 1. The zero-order valence-corrected chi connectivity index (χ0v) is 13.1. The molecule has 0 heterocycles. The van der Waals surface area contributed by atoms with Crippen LogP contribution in [0.3, 0.4) is 0 Å². The van der Waals surface area contributed by atoms with Crippen LogP contribution in [0, 0.1) is 13.7 Å². The zero-order chi connectivity index (χ0) is 15.2. The molecule has 0 atom stereocenters. The second-order valence-corrected chi connectivity index (χ2v) is 5.18. The molecule has 8 heteroatoms. The van der Waals surface area contributed by atoms with Crippen LogP contribution in [0.2, 0.25) is 0 Å². The minimum atomic E-state index is -0.526. The SMILES string of the molecule is COc1ccc(N=NNc2ccc(I)cc2)c([N+](=O)[O-])c1. The maximum absolute atomic E-state index is 11.0. The quantitative estimate of drug-likeness (QED) is 0.352. The summed E-state index contributed by atoms with van der Waals surface area (Å²) in [4.78, 5) is 10.5. The predicted molar refractivity (Wildman–Crippen MR) is 86.9 cm³/mol. The number of nitro groups is 1. The molecule has 2 aromatic rings. The van der Waals surface area contributed by atoms with Crippen molar-refractivity contribution in [2.24, 2.45) is 10.3 Å². The number of nitro benzene ring substituents is 1. The maximum Gasteiger partial charge on any atom is 0.300 e. The summed E-state index contributed by atoms with van der Waals surface area (Å²) in [5, 5.41) is 18.6. The molecule has 0 radical (unpaired) electrons. The van der Waals surface area contributed by atoms with Crippen LogP contribution in [0.15, 0.2) is 52.8 Å². The van der Waals surface area contributed by atoms with Gasteiger partial charge in [-0.1, -0.05) is 5.22 Å². The minimum absolute atomic E-state index is 0.152. The first kappa shape index (κ1) is 15.2. The van der Waals surface area contributed by atoms with Crippen LogP contribution < -0.4 is 10.2 Å². The number of rotatable bonds is 5. The van der Waals surface area contributed by atoms with Gasteiger partial charge in [-0.25, -0.2) is 0 Å². The van der Waals surface area contributed by atoms with E-state index in [0.29, 0.717) is 5.75 Å². The summed E-state index contributed by atoms with van der Waals surface area (Å²) in [7, 11) is 1.44. The Labute approximate surface area is 134 Å². The van der Waals surface area contributed by atoms with Crippen LogP contribution in [0.25, 0.3) is 0 Å². The Morgan fingerprint density at radius 1 is 1.24 bits per heavy atom. The van der Waals surface area contributed by atoms with E-state index in [-0.39, 0.29) is 11.4 Å². The van der Waals surface area contributed by atoms with E-state index in [0.717, 1.165) is 9.26 Å². The number of hydrogen-bond donors (Lipinski definition) is 1. The molecular weight excluding hydrogens is 387 g/mol. The standard InChI is InChI=1S/C13H11IN4O3/c1-21-11-6-7-12(13(8-11)18(19)20)16-17-15-10-4-2-9(14)3-5-10/h2-8H,1H3,(H,15,16). The molecule has 2 rings (SSSR count). The molecule has 1 N–H and O–H groups in total. The first-order chi connectivity index (χ1) is 10.1. The first-order valence-electron chi connectivity index (χ1n) is 5.85. The van der Waals surface area contributed by atoms with Crippen LogP contribution in [0.1, 0.15) is 0 Å². The Balaban J connectivity index is 2.16. The number of methoxy groups -OCH3 is 1. The van der Waals surface area contributed by atoms with E-state index in [2.05, 4.69) is 38.4 Å². The van der Waals surface area contributed by atoms with Gasteiger partial charge in [0.15, 0.2) is 5.69 Å². The first-order valence-corrected chi connectivity index (χ1v) is 6.93. The molecule has 0 saturated carbocycles. The molecule has 0 aromatic heterocycles. The zero-order valence-electron chi connectivity index (χ0n) is 11.0. The molecular formula is C13H11IN4O3. The smallest absolute Gasteiger partial charge is 0.300 e. The number of benzene rings is 2. The van der Waals surface area contributed by atoms with Crippen molar-refractivity contribution in [3.05, 3.63) is 56.1 Å². The van der Waals surface area contributed by atoms with E-state index in [1.54, 1.807) is 6.07 Å². The van der Waals surface area contributed by atoms with Crippen molar-refractivity contribution in [2.75, 3.05) is 12.5 Å². The molecule has 0 amide bonds. The van der Waals surface area contributed by atoms with Gasteiger partial charge in [0.25, 0.3) is 5.69 Å². The Morgan fingerprint density at radius 2 is 1.95 bits per heavy atom. The van der Waals surface area contributed by atoms with Gasteiger partial charge in [-0.05, 0) is 59.0 Å². The number of hydrogen-bond acceptors (Lipinski definition) is 5. The number of nitrogens with one attached hydrogen (secondary N) is 1. The number of nitrogens with zero attached hydrogens (tertiary/aromatic N) is 3. The second-order valence-electron chi connectivity index (χ2n) is 3.93. The third-order valence-electron chi connectivity index (χ3n) is 2.56. The second kappa shape index (κ2) is 6.97. The highest BCUT2D eigenvalue weighted by atomic mass is 127. The van der Waals surface area contributed by atoms with Crippen molar-refractivity contribution >= 4 is 39.7 Å². The number of halogens is 1. The summed E-state index contributed by atoms with van der Waals surface area (Å²) in [5.74, 6) is 0.395. The summed E-state index contributed by atoms with van der Waals surface area (Å²) < 4.78 is 6.05. The molecule has 0 saturated heterocycles. The van der Waals surface area contributed by atoms with E-state index in [9.17, 15) is 10.1 Å². The average Bonchev–Trinajstić information content (AvgIpc) is 2.49. The van der Waals surface area contributed by atoms with Crippen LogP contribution in [-0.2, 0) is 0 Å². The van der Waals surface area contributed by atoms with Crippen LogP contribution in [-0.4, -0.2) is 12.0 Å². The van der Waals surface area contributed by atoms with Gasteiger partial charge in [-0.15, -0.1) is 5.11 Å². The summed E-state index contributed by atoms with van der Waals surface area (Å²) in [6.45, 7) is 0. The highest BCUT2D eigenvalue weighted by molar-refractivity contribution is 14.1. The lowest BCUT2D eigenvalue weighted by atomic mass is 10.2. The molecule has 0 spiro atoms. The lowest BCUT2D eigenvalue weighted by Crippen LogP contribution is -1.91.